The molecule has 5 heteroatoms. The van der Waals surface area contributed by atoms with E-state index in [2.05, 4.69) is 5.32 Å². The highest BCUT2D eigenvalue weighted by Crippen LogP contribution is 2.11. The zero-order chi connectivity index (χ0) is 14.4. The predicted octanol–water partition coefficient (Wildman–Crippen LogP) is 0.940. The van der Waals surface area contributed by atoms with Crippen molar-refractivity contribution in [1.82, 2.24) is 10.2 Å². The molecule has 1 aliphatic rings. The third-order valence-corrected chi connectivity index (χ3v) is 3.45. The maximum absolute atomic E-state index is 11.9. The topological polar surface area (TPSA) is 58.6 Å². The van der Waals surface area contributed by atoms with Crippen LogP contribution in [0.15, 0.2) is 30.3 Å². The van der Waals surface area contributed by atoms with Gasteiger partial charge in [0.15, 0.2) is 0 Å². The maximum atomic E-state index is 11.9. The second kappa shape index (κ2) is 7.05. The molecular formula is C15H20N2O3. The van der Waals surface area contributed by atoms with Crippen LogP contribution < -0.4 is 5.32 Å². The minimum absolute atomic E-state index is 0.129. The van der Waals surface area contributed by atoms with Gasteiger partial charge in [-0.25, -0.2) is 0 Å². The summed E-state index contributed by atoms with van der Waals surface area (Å²) < 4.78 is 5.03. The van der Waals surface area contributed by atoms with Gasteiger partial charge < -0.3 is 10.1 Å². The van der Waals surface area contributed by atoms with E-state index in [1.807, 2.05) is 42.2 Å². The van der Waals surface area contributed by atoms with E-state index in [9.17, 15) is 9.59 Å². The van der Waals surface area contributed by atoms with Crippen molar-refractivity contribution in [3.05, 3.63) is 35.9 Å². The van der Waals surface area contributed by atoms with E-state index in [0.717, 1.165) is 12.1 Å². The number of amides is 1. The molecule has 0 aromatic heterocycles. The lowest BCUT2D eigenvalue weighted by Gasteiger charge is -2.32. The van der Waals surface area contributed by atoms with Crippen LogP contribution in [0.4, 0.5) is 0 Å². The second-order valence-corrected chi connectivity index (χ2v) is 4.78. The van der Waals surface area contributed by atoms with E-state index in [1.54, 1.807) is 0 Å². The molecule has 0 saturated carbocycles. The Morgan fingerprint density at radius 3 is 2.85 bits per heavy atom. The Labute approximate surface area is 118 Å². The lowest BCUT2D eigenvalue weighted by Crippen LogP contribution is -2.50. The number of carbonyl (C=O) groups is 2. The van der Waals surface area contributed by atoms with Gasteiger partial charge >= 0.3 is 5.97 Å². The summed E-state index contributed by atoms with van der Waals surface area (Å²) in [6, 6.07) is 9.24. The average molecular weight is 276 g/mol. The lowest BCUT2D eigenvalue weighted by atomic mass is 10.1. The van der Waals surface area contributed by atoms with Gasteiger partial charge in [-0.1, -0.05) is 37.3 Å². The van der Waals surface area contributed by atoms with Crippen LogP contribution >= 0.6 is 0 Å². The number of nitrogens with zero attached hydrogens (tertiary/aromatic N) is 1. The summed E-state index contributed by atoms with van der Waals surface area (Å²) in [6.45, 7) is 4.31. The fraction of sp³-hybridized carbons (Fsp3) is 0.467. The first-order chi connectivity index (χ1) is 9.70. The van der Waals surface area contributed by atoms with Gasteiger partial charge in [0.25, 0.3) is 0 Å². The highest BCUT2D eigenvalue weighted by atomic mass is 16.5. The van der Waals surface area contributed by atoms with E-state index < -0.39 is 6.04 Å². The fourth-order valence-electron chi connectivity index (χ4n) is 2.30. The predicted molar refractivity (Wildman–Crippen MR) is 74.9 cm³/mol. The van der Waals surface area contributed by atoms with Crippen LogP contribution in [0.2, 0.25) is 0 Å². The van der Waals surface area contributed by atoms with Crippen LogP contribution in [0.1, 0.15) is 18.9 Å². The molecule has 2 rings (SSSR count). The number of hydrogen-bond acceptors (Lipinski definition) is 4. The summed E-state index contributed by atoms with van der Waals surface area (Å²) in [5.74, 6) is -0.427. The molecule has 1 amide bonds. The SMILES string of the molecule is CCN1CCOC(=O)[C@@H]1CC(=O)NCc1ccccc1. The van der Waals surface area contributed by atoms with Gasteiger partial charge in [-0.2, -0.15) is 0 Å². The first-order valence-corrected chi connectivity index (χ1v) is 6.92. The first-order valence-electron chi connectivity index (χ1n) is 6.92. The molecule has 1 N–H and O–H groups in total. The normalized spacial score (nSPS) is 19.4. The van der Waals surface area contributed by atoms with Crippen LogP contribution in [0.5, 0.6) is 0 Å². The zero-order valence-electron chi connectivity index (χ0n) is 11.7. The fourth-order valence-corrected chi connectivity index (χ4v) is 2.30. The zero-order valence-corrected chi connectivity index (χ0v) is 11.7. The van der Waals surface area contributed by atoms with Crippen LogP contribution in [-0.2, 0) is 20.9 Å². The number of carbonyl (C=O) groups excluding carboxylic acids is 2. The minimum atomic E-state index is -0.454. The van der Waals surface area contributed by atoms with Crippen molar-refractivity contribution in [3.8, 4) is 0 Å². The number of likely N-dealkylation sites (N-methyl/N-ethyl adjacent to an activating group) is 1. The summed E-state index contributed by atoms with van der Waals surface area (Å²) in [5.41, 5.74) is 1.04. The Bertz CT molecular complexity index is 461. The quantitative estimate of drug-likeness (QED) is 0.813. The number of nitrogens with one attached hydrogen (secondary N) is 1. The molecule has 1 fully saturated rings. The number of ether oxygens (including phenoxy) is 1. The summed E-state index contributed by atoms with van der Waals surface area (Å²) in [5, 5.41) is 2.84. The van der Waals surface area contributed by atoms with Gasteiger partial charge in [0, 0.05) is 13.1 Å². The number of morpholine rings is 1. The Hall–Kier alpha value is -1.88. The Morgan fingerprint density at radius 2 is 2.15 bits per heavy atom. The highest BCUT2D eigenvalue weighted by molar-refractivity contribution is 5.85. The van der Waals surface area contributed by atoms with Crippen molar-refractivity contribution >= 4 is 11.9 Å². The van der Waals surface area contributed by atoms with Gasteiger partial charge in [-0.3, -0.25) is 14.5 Å². The van der Waals surface area contributed by atoms with Crippen molar-refractivity contribution < 1.29 is 14.3 Å². The van der Waals surface area contributed by atoms with Crippen molar-refractivity contribution in [1.29, 1.82) is 0 Å². The van der Waals surface area contributed by atoms with Gasteiger partial charge in [-0.15, -0.1) is 0 Å². The molecule has 0 unspecified atom stereocenters. The maximum Gasteiger partial charge on any atom is 0.323 e. The van der Waals surface area contributed by atoms with E-state index in [0.29, 0.717) is 19.7 Å². The molecule has 1 saturated heterocycles. The third kappa shape index (κ3) is 3.81. The second-order valence-electron chi connectivity index (χ2n) is 4.78. The third-order valence-electron chi connectivity index (χ3n) is 3.45. The molecule has 0 aliphatic carbocycles. The van der Waals surface area contributed by atoms with Crippen molar-refractivity contribution in [2.24, 2.45) is 0 Å². The Morgan fingerprint density at radius 1 is 1.40 bits per heavy atom. The molecule has 5 nitrogen and oxygen atoms in total. The molecule has 1 heterocycles. The molecule has 0 spiro atoms. The minimum Gasteiger partial charge on any atom is -0.463 e. The highest BCUT2D eigenvalue weighted by Gasteiger charge is 2.32. The van der Waals surface area contributed by atoms with Gasteiger partial charge in [0.1, 0.15) is 12.6 Å². The van der Waals surface area contributed by atoms with Crippen molar-refractivity contribution in [2.45, 2.75) is 25.9 Å². The molecule has 1 aromatic rings. The summed E-state index contributed by atoms with van der Waals surface area (Å²) >= 11 is 0. The standard InChI is InChI=1S/C15H20N2O3/c1-2-17-8-9-20-15(19)13(17)10-14(18)16-11-12-6-4-3-5-7-12/h3-7,13H,2,8-11H2,1H3,(H,16,18)/t13-/m0/s1. The summed E-state index contributed by atoms with van der Waals surface area (Å²) in [4.78, 5) is 25.7. The first kappa shape index (κ1) is 14.5. The molecule has 1 aliphatic heterocycles. The molecule has 20 heavy (non-hydrogen) atoms. The van der Waals surface area contributed by atoms with E-state index >= 15 is 0 Å². The van der Waals surface area contributed by atoms with Gasteiger partial charge in [0.2, 0.25) is 5.91 Å². The number of benzene rings is 1. The van der Waals surface area contributed by atoms with E-state index in [4.69, 9.17) is 4.74 Å². The molecule has 108 valence electrons. The molecule has 0 radical (unpaired) electrons. The lowest BCUT2D eigenvalue weighted by molar-refractivity contribution is -0.159. The van der Waals surface area contributed by atoms with Crippen LogP contribution in [-0.4, -0.2) is 42.5 Å². The molecule has 1 atom stereocenters. The van der Waals surface area contributed by atoms with E-state index in [1.165, 1.54) is 0 Å². The molecular weight excluding hydrogens is 256 g/mol. The monoisotopic (exact) mass is 276 g/mol. The van der Waals surface area contributed by atoms with Gasteiger partial charge in [0.05, 0.1) is 6.42 Å². The molecule has 0 bridgehead atoms. The van der Waals surface area contributed by atoms with Crippen molar-refractivity contribution in [2.75, 3.05) is 19.7 Å². The number of esters is 1. The largest absolute Gasteiger partial charge is 0.463 e. The molecule has 1 aromatic carbocycles. The van der Waals surface area contributed by atoms with E-state index in [-0.39, 0.29) is 18.3 Å². The van der Waals surface area contributed by atoms with Crippen LogP contribution in [0.25, 0.3) is 0 Å². The number of rotatable bonds is 5. The smallest absolute Gasteiger partial charge is 0.323 e. The average Bonchev–Trinajstić information content (AvgIpc) is 2.48. The van der Waals surface area contributed by atoms with Crippen molar-refractivity contribution in [3.63, 3.8) is 0 Å². The van der Waals surface area contributed by atoms with Gasteiger partial charge in [-0.05, 0) is 12.1 Å². The van der Waals surface area contributed by atoms with Crippen LogP contribution in [0, 0.1) is 0 Å². The van der Waals surface area contributed by atoms with Crippen LogP contribution in [0.3, 0.4) is 0 Å². The number of cyclic esters (lactones) is 1. The summed E-state index contributed by atoms with van der Waals surface area (Å²) in [7, 11) is 0. The summed E-state index contributed by atoms with van der Waals surface area (Å²) in [6.07, 6.45) is 0.152. The number of hydrogen-bond donors (Lipinski definition) is 1. The Kier molecular flexibility index (Phi) is 5.12. The Balaban J connectivity index is 1.85.